The molecule has 23 heavy (non-hydrogen) atoms. The summed E-state index contributed by atoms with van der Waals surface area (Å²) >= 11 is 5.83. The predicted molar refractivity (Wildman–Crippen MR) is 104 cm³/mol. The van der Waals surface area contributed by atoms with Gasteiger partial charge in [-0.25, -0.2) is 0 Å². The van der Waals surface area contributed by atoms with Crippen molar-refractivity contribution in [3.63, 3.8) is 0 Å². The lowest BCUT2D eigenvalue weighted by molar-refractivity contribution is 0.316. The molecule has 0 bridgehead atoms. The van der Waals surface area contributed by atoms with Gasteiger partial charge in [0.25, 0.3) is 0 Å². The topological polar surface area (TPSA) is 3.24 Å². The van der Waals surface area contributed by atoms with Crippen LogP contribution in [0.5, 0.6) is 0 Å². The molecular formula is C21H36ClN. The van der Waals surface area contributed by atoms with E-state index in [0.717, 1.165) is 6.54 Å². The van der Waals surface area contributed by atoms with Crippen molar-refractivity contribution in [2.45, 2.75) is 83.6 Å². The second kappa shape index (κ2) is 13.9. The molecule has 0 unspecified atom stereocenters. The minimum Gasteiger partial charge on any atom is -0.302 e. The molecule has 0 atom stereocenters. The van der Waals surface area contributed by atoms with Crippen LogP contribution < -0.4 is 0 Å². The molecule has 0 saturated carbocycles. The first kappa shape index (κ1) is 20.5. The number of nitrogens with zero attached hydrogens (tertiary/aromatic N) is 1. The lowest BCUT2D eigenvalue weighted by Gasteiger charge is -2.16. The molecule has 0 saturated heterocycles. The van der Waals surface area contributed by atoms with Crippen LogP contribution in [0.15, 0.2) is 24.3 Å². The van der Waals surface area contributed by atoms with Crippen LogP contribution in [0.2, 0.25) is 0 Å². The largest absolute Gasteiger partial charge is 0.302 e. The van der Waals surface area contributed by atoms with Gasteiger partial charge in [0, 0.05) is 12.4 Å². The van der Waals surface area contributed by atoms with Crippen LogP contribution in [0.1, 0.15) is 82.3 Å². The van der Waals surface area contributed by atoms with Crippen molar-refractivity contribution in [1.82, 2.24) is 4.90 Å². The van der Waals surface area contributed by atoms with E-state index >= 15 is 0 Å². The highest BCUT2D eigenvalue weighted by Gasteiger charge is 2.01. The maximum atomic E-state index is 5.83. The van der Waals surface area contributed by atoms with E-state index in [9.17, 15) is 0 Å². The molecule has 0 heterocycles. The summed E-state index contributed by atoms with van der Waals surface area (Å²) in [5.74, 6) is 0.606. The summed E-state index contributed by atoms with van der Waals surface area (Å²) < 4.78 is 0. The molecule has 0 aromatic heterocycles. The Balaban J connectivity index is 1.96. The van der Waals surface area contributed by atoms with Crippen LogP contribution in [0, 0.1) is 0 Å². The maximum Gasteiger partial charge on any atom is 0.0474 e. The molecule has 0 aliphatic heterocycles. The summed E-state index contributed by atoms with van der Waals surface area (Å²) in [5, 5.41) is 0. The number of hydrogen-bond acceptors (Lipinski definition) is 1. The molecule has 0 fully saturated rings. The Labute approximate surface area is 149 Å². The van der Waals surface area contributed by atoms with Crippen LogP contribution in [0.3, 0.4) is 0 Å². The number of hydrogen-bond donors (Lipinski definition) is 0. The standard InChI is InChI=1S/C21H36ClN/c1-3-4-5-6-7-8-9-10-11-12-17-23(2)19-21-15-13-20(18-22)14-16-21/h13-16H,3-12,17-19H2,1-2H3. The average molecular weight is 338 g/mol. The van der Waals surface area contributed by atoms with Gasteiger partial charge in [-0.3, -0.25) is 0 Å². The molecule has 1 nitrogen and oxygen atoms in total. The van der Waals surface area contributed by atoms with Crippen LogP contribution in [-0.2, 0) is 12.4 Å². The molecule has 1 aromatic rings. The zero-order valence-corrected chi connectivity index (χ0v) is 16.1. The van der Waals surface area contributed by atoms with Crippen LogP contribution >= 0.6 is 11.6 Å². The fourth-order valence-corrected chi connectivity index (χ4v) is 3.17. The Morgan fingerprint density at radius 2 is 1.22 bits per heavy atom. The Morgan fingerprint density at radius 1 is 0.739 bits per heavy atom. The van der Waals surface area contributed by atoms with Crippen molar-refractivity contribution in [2.75, 3.05) is 13.6 Å². The molecule has 0 aliphatic carbocycles. The smallest absolute Gasteiger partial charge is 0.0474 e. The fourth-order valence-electron chi connectivity index (χ4n) is 2.99. The third kappa shape index (κ3) is 10.8. The molecule has 132 valence electrons. The van der Waals surface area contributed by atoms with Crippen molar-refractivity contribution in [1.29, 1.82) is 0 Å². The second-order valence-electron chi connectivity index (χ2n) is 6.87. The highest BCUT2D eigenvalue weighted by molar-refractivity contribution is 6.17. The van der Waals surface area contributed by atoms with Crippen molar-refractivity contribution in [3.05, 3.63) is 35.4 Å². The fraction of sp³-hybridized carbons (Fsp3) is 0.714. The first-order chi connectivity index (χ1) is 11.3. The summed E-state index contributed by atoms with van der Waals surface area (Å²) in [6.07, 6.45) is 14.1. The SMILES string of the molecule is CCCCCCCCCCCCN(C)Cc1ccc(CCl)cc1. The van der Waals surface area contributed by atoms with Gasteiger partial charge in [-0.1, -0.05) is 89.0 Å². The molecule has 1 rings (SSSR count). The molecule has 0 radical (unpaired) electrons. The molecular weight excluding hydrogens is 302 g/mol. The van der Waals surface area contributed by atoms with Gasteiger partial charge < -0.3 is 4.90 Å². The van der Waals surface area contributed by atoms with E-state index in [2.05, 4.69) is 43.1 Å². The lowest BCUT2D eigenvalue weighted by Crippen LogP contribution is -2.19. The Bertz CT molecular complexity index is 374. The van der Waals surface area contributed by atoms with Crippen molar-refractivity contribution >= 4 is 11.6 Å². The van der Waals surface area contributed by atoms with Crippen molar-refractivity contribution < 1.29 is 0 Å². The minimum absolute atomic E-state index is 0.606. The number of benzene rings is 1. The van der Waals surface area contributed by atoms with Gasteiger partial charge in [0.15, 0.2) is 0 Å². The number of alkyl halides is 1. The quantitative estimate of drug-likeness (QED) is 0.267. The zero-order valence-electron chi connectivity index (χ0n) is 15.3. The van der Waals surface area contributed by atoms with Gasteiger partial charge in [-0.05, 0) is 31.1 Å². The van der Waals surface area contributed by atoms with E-state index in [-0.39, 0.29) is 0 Å². The molecule has 2 heteroatoms. The first-order valence-electron chi connectivity index (χ1n) is 9.58. The van der Waals surface area contributed by atoms with Gasteiger partial charge in [-0.2, -0.15) is 0 Å². The van der Waals surface area contributed by atoms with Gasteiger partial charge >= 0.3 is 0 Å². The van der Waals surface area contributed by atoms with E-state index in [4.69, 9.17) is 11.6 Å². The summed E-state index contributed by atoms with van der Waals surface area (Å²) in [4.78, 5) is 2.43. The Hall–Kier alpha value is -0.530. The van der Waals surface area contributed by atoms with Crippen molar-refractivity contribution in [3.8, 4) is 0 Å². The first-order valence-corrected chi connectivity index (χ1v) is 10.1. The van der Waals surface area contributed by atoms with Gasteiger partial charge in [-0.15, -0.1) is 11.6 Å². The zero-order chi connectivity index (χ0) is 16.8. The van der Waals surface area contributed by atoms with Gasteiger partial charge in [0.1, 0.15) is 0 Å². The summed E-state index contributed by atoms with van der Waals surface area (Å²) in [7, 11) is 2.23. The van der Waals surface area contributed by atoms with Crippen LogP contribution in [0.25, 0.3) is 0 Å². The van der Waals surface area contributed by atoms with E-state index in [0.29, 0.717) is 5.88 Å². The molecule has 0 aliphatic rings. The highest BCUT2D eigenvalue weighted by Crippen LogP contribution is 2.12. The summed E-state index contributed by atoms with van der Waals surface area (Å²) in [6, 6.07) is 8.67. The third-order valence-electron chi connectivity index (χ3n) is 4.52. The number of halogens is 1. The molecule has 0 amide bonds. The summed E-state index contributed by atoms with van der Waals surface area (Å²) in [6.45, 7) is 4.53. The molecule has 0 N–H and O–H groups in total. The molecule has 0 spiro atoms. The minimum atomic E-state index is 0.606. The van der Waals surface area contributed by atoms with E-state index in [1.54, 1.807) is 0 Å². The van der Waals surface area contributed by atoms with Gasteiger partial charge in [0.2, 0.25) is 0 Å². The highest BCUT2D eigenvalue weighted by atomic mass is 35.5. The van der Waals surface area contributed by atoms with Crippen LogP contribution in [0.4, 0.5) is 0 Å². The Morgan fingerprint density at radius 3 is 1.74 bits per heavy atom. The van der Waals surface area contributed by atoms with E-state index < -0.39 is 0 Å². The van der Waals surface area contributed by atoms with Crippen molar-refractivity contribution in [2.24, 2.45) is 0 Å². The number of rotatable bonds is 14. The van der Waals surface area contributed by atoms with Crippen LogP contribution in [-0.4, -0.2) is 18.5 Å². The lowest BCUT2D eigenvalue weighted by atomic mass is 10.1. The van der Waals surface area contributed by atoms with E-state index in [1.165, 1.54) is 81.9 Å². The molecule has 1 aromatic carbocycles. The second-order valence-corrected chi connectivity index (χ2v) is 7.14. The monoisotopic (exact) mass is 337 g/mol. The third-order valence-corrected chi connectivity index (χ3v) is 4.83. The number of unbranched alkanes of at least 4 members (excludes halogenated alkanes) is 9. The van der Waals surface area contributed by atoms with E-state index in [1.807, 2.05) is 0 Å². The normalized spacial score (nSPS) is 11.3. The Kier molecular flexibility index (Phi) is 12.4. The predicted octanol–water partition coefficient (Wildman–Crippen LogP) is 6.78. The maximum absolute atomic E-state index is 5.83. The van der Waals surface area contributed by atoms with Gasteiger partial charge in [0.05, 0.1) is 0 Å². The average Bonchev–Trinajstić information content (AvgIpc) is 2.57. The summed E-state index contributed by atoms with van der Waals surface area (Å²) in [5.41, 5.74) is 2.58.